The first kappa shape index (κ1) is 20.2. The van der Waals surface area contributed by atoms with E-state index in [1.807, 2.05) is 29.7 Å². The van der Waals surface area contributed by atoms with Gasteiger partial charge in [-0.1, -0.05) is 42.0 Å². The molecule has 6 heteroatoms. The summed E-state index contributed by atoms with van der Waals surface area (Å²) in [7, 11) is 0. The van der Waals surface area contributed by atoms with E-state index < -0.39 is 0 Å². The fraction of sp³-hybridized carbons (Fsp3) is 0.125. The third-order valence-corrected chi connectivity index (χ3v) is 5.07. The number of aryl methyl sites for hydroxylation is 3. The standard InChI is InChI=1S/C24H19N4O.Ir/c1-15-12-19(18-8-5-4-6-9-18)13-16(2)23(15)28-14-25-27-24(28)20-10-7-11-21-22(20)26-17(3)29-21;/h4-9,11-14H,1-3H3;/q-1;. The summed E-state index contributed by atoms with van der Waals surface area (Å²) in [6.07, 6.45) is 1.74. The van der Waals surface area contributed by atoms with Gasteiger partial charge in [-0.25, -0.2) is 0 Å². The van der Waals surface area contributed by atoms with Crippen LogP contribution >= 0.6 is 0 Å². The summed E-state index contributed by atoms with van der Waals surface area (Å²) >= 11 is 0. The maximum absolute atomic E-state index is 5.68. The second kappa shape index (κ2) is 7.98. The SMILES string of the molecule is Cc1nc2c(-c3nncn3-c3c(C)cc(-c4ccccc4)cc3C)[c-]ccc2o1.[Ir]. The summed E-state index contributed by atoms with van der Waals surface area (Å²) in [5.74, 6) is 1.31. The van der Waals surface area contributed by atoms with Crippen molar-refractivity contribution < 1.29 is 24.5 Å². The first-order valence-electron chi connectivity index (χ1n) is 9.47. The molecule has 2 aromatic heterocycles. The van der Waals surface area contributed by atoms with Crippen LogP contribution in [0.3, 0.4) is 0 Å². The maximum atomic E-state index is 5.68. The zero-order valence-corrected chi connectivity index (χ0v) is 19.2. The van der Waals surface area contributed by atoms with Crippen molar-refractivity contribution in [1.82, 2.24) is 19.7 Å². The monoisotopic (exact) mass is 572 g/mol. The van der Waals surface area contributed by atoms with Crippen LogP contribution in [0.25, 0.3) is 39.3 Å². The fourth-order valence-corrected chi connectivity index (χ4v) is 3.88. The van der Waals surface area contributed by atoms with E-state index in [4.69, 9.17) is 4.42 Å². The molecule has 0 aliphatic heterocycles. The van der Waals surface area contributed by atoms with Crippen LogP contribution in [0.5, 0.6) is 0 Å². The van der Waals surface area contributed by atoms with Crippen molar-refractivity contribution in [2.45, 2.75) is 20.8 Å². The fourth-order valence-electron chi connectivity index (χ4n) is 3.88. The van der Waals surface area contributed by atoms with E-state index >= 15 is 0 Å². The van der Waals surface area contributed by atoms with Crippen LogP contribution in [-0.2, 0) is 20.1 Å². The Balaban J connectivity index is 0.00000218. The Labute approximate surface area is 188 Å². The minimum atomic E-state index is 0. The van der Waals surface area contributed by atoms with Crippen LogP contribution in [0.15, 0.2) is 65.3 Å². The minimum Gasteiger partial charge on any atom is -0.461 e. The van der Waals surface area contributed by atoms with E-state index in [2.05, 4.69) is 71.5 Å². The third kappa shape index (κ3) is 3.38. The molecule has 0 N–H and O–H groups in total. The van der Waals surface area contributed by atoms with Gasteiger partial charge in [-0.15, -0.1) is 17.2 Å². The van der Waals surface area contributed by atoms with Crippen molar-refractivity contribution >= 4 is 11.1 Å². The number of aromatic nitrogens is 4. The molecule has 0 spiro atoms. The van der Waals surface area contributed by atoms with Gasteiger partial charge in [0.2, 0.25) is 0 Å². The first-order chi connectivity index (χ1) is 14.1. The number of hydrogen-bond acceptors (Lipinski definition) is 4. The molecule has 1 radical (unpaired) electrons. The molecule has 0 saturated heterocycles. The molecule has 5 aromatic rings. The zero-order valence-electron chi connectivity index (χ0n) is 16.8. The van der Waals surface area contributed by atoms with Gasteiger partial charge in [-0.2, -0.15) is 5.10 Å². The van der Waals surface area contributed by atoms with Crippen LogP contribution in [0.1, 0.15) is 17.0 Å². The Hall–Kier alpha value is -3.08. The molecule has 5 nitrogen and oxygen atoms in total. The quantitative estimate of drug-likeness (QED) is 0.270. The molecule has 2 heterocycles. The van der Waals surface area contributed by atoms with E-state index in [1.54, 1.807) is 6.33 Å². The largest absolute Gasteiger partial charge is 0.461 e. The van der Waals surface area contributed by atoms with Crippen LogP contribution in [0, 0.1) is 26.8 Å². The average molecular weight is 572 g/mol. The van der Waals surface area contributed by atoms with Crippen molar-refractivity contribution in [1.29, 1.82) is 0 Å². The van der Waals surface area contributed by atoms with Gasteiger partial charge in [0.15, 0.2) is 5.89 Å². The molecular formula is C24H19IrN4O-. The molecule has 0 saturated carbocycles. The molecule has 151 valence electrons. The number of oxazole rings is 1. The zero-order chi connectivity index (χ0) is 20.0. The second-order valence-corrected chi connectivity index (χ2v) is 7.15. The van der Waals surface area contributed by atoms with Crippen LogP contribution in [-0.4, -0.2) is 19.7 Å². The summed E-state index contributed by atoms with van der Waals surface area (Å²) in [6, 6.07) is 21.8. The number of rotatable bonds is 3. The summed E-state index contributed by atoms with van der Waals surface area (Å²) in [5, 5.41) is 8.57. The van der Waals surface area contributed by atoms with Gasteiger partial charge in [-0.05, 0) is 48.2 Å². The van der Waals surface area contributed by atoms with Gasteiger partial charge in [0.1, 0.15) is 6.33 Å². The normalized spacial score (nSPS) is 10.9. The first-order valence-corrected chi connectivity index (χ1v) is 9.47. The van der Waals surface area contributed by atoms with Gasteiger partial charge < -0.3 is 8.98 Å². The van der Waals surface area contributed by atoms with Gasteiger partial charge in [0.05, 0.1) is 11.4 Å². The number of nitrogens with zero attached hydrogens (tertiary/aromatic N) is 4. The Morgan fingerprint density at radius 2 is 1.67 bits per heavy atom. The number of fused-ring (bicyclic) bond motifs is 1. The second-order valence-electron chi connectivity index (χ2n) is 7.15. The molecule has 5 rings (SSSR count). The molecule has 0 fully saturated rings. The molecule has 0 unspecified atom stereocenters. The molecule has 3 aromatic carbocycles. The van der Waals surface area contributed by atoms with E-state index in [0.29, 0.717) is 11.7 Å². The predicted molar refractivity (Wildman–Crippen MR) is 113 cm³/mol. The van der Waals surface area contributed by atoms with Gasteiger partial charge >= 0.3 is 0 Å². The maximum Gasteiger partial charge on any atom is 0.180 e. The van der Waals surface area contributed by atoms with Crippen LogP contribution < -0.4 is 0 Å². The number of hydrogen-bond donors (Lipinski definition) is 0. The minimum absolute atomic E-state index is 0. The van der Waals surface area contributed by atoms with Crippen molar-refractivity contribution in [3.8, 4) is 28.2 Å². The topological polar surface area (TPSA) is 56.7 Å². The molecule has 0 bridgehead atoms. The van der Waals surface area contributed by atoms with Gasteiger partial charge in [0.25, 0.3) is 0 Å². The van der Waals surface area contributed by atoms with Gasteiger partial charge in [-0.3, -0.25) is 4.98 Å². The summed E-state index contributed by atoms with van der Waals surface area (Å²) in [5.41, 5.74) is 8.00. The smallest absolute Gasteiger partial charge is 0.180 e. The van der Waals surface area contributed by atoms with E-state index in [9.17, 15) is 0 Å². The van der Waals surface area contributed by atoms with Crippen molar-refractivity contribution in [2.75, 3.05) is 0 Å². The van der Waals surface area contributed by atoms with Crippen molar-refractivity contribution in [3.05, 3.63) is 84.0 Å². The summed E-state index contributed by atoms with van der Waals surface area (Å²) in [4.78, 5) is 4.52. The predicted octanol–water partition coefficient (Wildman–Crippen LogP) is 5.47. The molecule has 30 heavy (non-hydrogen) atoms. The average Bonchev–Trinajstić information content (AvgIpc) is 3.33. The van der Waals surface area contributed by atoms with Crippen LogP contribution in [0.4, 0.5) is 0 Å². The van der Waals surface area contributed by atoms with Crippen LogP contribution in [0.2, 0.25) is 0 Å². The Kier molecular flexibility index (Phi) is 5.37. The summed E-state index contributed by atoms with van der Waals surface area (Å²) < 4.78 is 7.68. The Morgan fingerprint density at radius 1 is 0.933 bits per heavy atom. The Morgan fingerprint density at radius 3 is 2.40 bits per heavy atom. The van der Waals surface area contributed by atoms with Crippen molar-refractivity contribution in [2.24, 2.45) is 0 Å². The molecule has 0 aliphatic rings. The molecule has 0 amide bonds. The van der Waals surface area contributed by atoms with E-state index in [1.165, 1.54) is 11.1 Å². The van der Waals surface area contributed by atoms with E-state index in [-0.39, 0.29) is 20.1 Å². The van der Waals surface area contributed by atoms with Gasteiger partial charge in [0, 0.05) is 38.2 Å². The summed E-state index contributed by atoms with van der Waals surface area (Å²) in [6.45, 7) is 6.07. The van der Waals surface area contributed by atoms with E-state index in [0.717, 1.165) is 33.5 Å². The number of benzene rings is 3. The third-order valence-electron chi connectivity index (χ3n) is 5.07. The molecular weight excluding hydrogens is 553 g/mol. The molecule has 0 atom stereocenters. The van der Waals surface area contributed by atoms with Crippen molar-refractivity contribution in [3.63, 3.8) is 0 Å². The Bertz CT molecular complexity index is 1320. The molecule has 0 aliphatic carbocycles.